The first-order chi connectivity index (χ1) is 27.6. The highest BCUT2D eigenvalue weighted by Gasteiger charge is 2.47. The van der Waals surface area contributed by atoms with Crippen molar-refractivity contribution in [1.29, 1.82) is 0 Å². The third kappa shape index (κ3) is 5.92. The van der Waals surface area contributed by atoms with Crippen LogP contribution in [-0.2, 0) is 27.1 Å². The first kappa shape index (κ1) is 38.9. The Bertz CT molecular complexity index is 2850. The van der Waals surface area contributed by atoms with Gasteiger partial charge in [-0.3, -0.25) is 0 Å². The molecule has 2 aliphatic heterocycles. The maximum Gasteiger partial charge on any atom is 0.277 e. The fourth-order valence-corrected chi connectivity index (χ4v) is 12.9. The fraction of sp³-hybridized carbons (Fsp3) is 0.370. The van der Waals surface area contributed by atoms with E-state index in [1.807, 2.05) is 22.7 Å². The molecule has 0 radical (unpaired) electrons. The molecule has 2 aromatic heterocycles. The van der Waals surface area contributed by atoms with Crippen molar-refractivity contribution >= 4 is 98.7 Å². The van der Waals surface area contributed by atoms with Crippen LogP contribution in [0.25, 0.3) is 20.2 Å². The fourth-order valence-electron chi connectivity index (χ4n) is 10.2. The zero-order valence-electron chi connectivity index (χ0n) is 37.4. The molecule has 1 aliphatic carbocycles. The number of rotatable bonds is 2. The molecular weight excluding hydrogens is 752 g/mol. The minimum atomic E-state index is 0.0340. The molecule has 0 bridgehead atoms. The molecule has 5 heteroatoms. The molecule has 10 rings (SSSR count). The van der Waals surface area contributed by atoms with Gasteiger partial charge in [-0.1, -0.05) is 126 Å². The summed E-state index contributed by atoms with van der Waals surface area (Å²) in [5.41, 5.74) is 16.7. The Labute approximate surface area is 361 Å². The maximum atomic E-state index is 2.67. The van der Waals surface area contributed by atoms with Crippen LogP contribution in [-0.4, -0.2) is 6.71 Å². The normalized spacial score (nSPS) is 16.9. The number of benzene rings is 5. The summed E-state index contributed by atoms with van der Waals surface area (Å²) in [6, 6.07) is 38.6. The van der Waals surface area contributed by atoms with Crippen molar-refractivity contribution < 1.29 is 0 Å². The van der Waals surface area contributed by atoms with Crippen LogP contribution < -0.4 is 24.8 Å². The first-order valence-electron chi connectivity index (χ1n) is 21.8. The van der Waals surface area contributed by atoms with Gasteiger partial charge in [0, 0.05) is 52.5 Å². The van der Waals surface area contributed by atoms with Gasteiger partial charge in [0.25, 0.3) is 6.71 Å². The number of hydrogen-bond donors (Lipinski definition) is 0. The van der Waals surface area contributed by atoms with Crippen LogP contribution in [0.5, 0.6) is 0 Å². The molecule has 4 heterocycles. The van der Waals surface area contributed by atoms with Crippen molar-refractivity contribution in [3.05, 3.63) is 125 Å². The lowest BCUT2D eigenvalue weighted by Crippen LogP contribution is -2.59. The van der Waals surface area contributed by atoms with E-state index in [0.29, 0.717) is 0 Å². The molecule has 0 saturated carbocycles. The molecule has 0 spiro atoms. The summed E-state index contributed by atoms with van der Waals surface area (Å²) in [5, 5.41) is 2.72. The standard InChI is InChI=1S/C54H59BN2S2/c1-50(2,3)32-17-21-35(22-18-32)56-41-15-14-16-42-45(41)55(48-46(56)37-29-33(51(4,5)6)19-25-43(37)58-48)49-47(38-30-34(52(7,8)9)20-26-44(38)59-49)57(42)36-23-24-39-40(31-36)54(12,13)28-27-53(39,10)11/h14-26,29-31H,27-28H2,1-13H3. The maximum absolute atomic E-state index is 2.67. The predicted octanol–water partition coefficient (Wildman–Crippen LogP) is 14.4. The van der Waals surface area contributed by atoms with E-state index in [1.165, 1.54) is 110 Å². The molecule has 5 aromatic carbocycles. The highest BCUT2D eigenvalue weighted by Crippen LogP contribution is 2.53. The number of fused-ring (bicyclic) bond motifs is 9. The van der Waals surface area contributed by atoms with Crippen LogP contribution in [0.2, 0.25) is 0 Å². The van der Waals surface area contributed by atoms with E-state index < -0.39 is 0 Å². The molecule has 0 saturated heterocycles. The minimum absolute atomic E-state index is 0.0340. The third-order valence-corrected chi connectivity index (χ3v) is 16.4. The summed E-state index contributed by atoms with van der Waals surface area (Å²) in [6.07, 6.45) is 2.40. The van der Waals surface area contributed by atoms with Crippen molar-refractivity contribution in [2.75, 3.05) is 9.80 Å². The Morgan fingerprint density at radius 2 is 0.932 bits per heavy atom. The topological polar surface area (TPSA) is 6.48 Å². The summed E-state index contributed by atoms with van der Waals surface area (Å²) in [7, 11) is 0. The van der Waals surface area contributed by atoms with Crippen molar-refractivity contribution in [2.24, 2.45) is 0 Å². The smallest absolute Gasteiger partial charge is 0.277 e. The molecule has 0 N–H and O–H groups in total. The van der Waals surface area contributed by atoms with Crippen molar-refractivity contribution in [3.63, 3.8) is 0 Å². The van der Waals surface area contributed by atoms with Crippen LogP contribution in [0.15, 0.2) is 97.1 Å². The zero-order valence-corrected chi connectivity index (χ0v) is 39.1. The van der Waals surface area contributed by atoms with E-state index in [9.17, 15) is 0 Å². The second kappa shape index (κ2) is 12.6. The van der Waals surface area contributed by atoms with E-state index in [0.717, 1.165) is 0 Å². The molecular formula is C54H59BN2S2. The summed E-state index contributed by atoms with van der Waals surface area (Å²) < 4.78 is 5.62. The lowest BCUT2D eigenvalue weighted by atomic mass is 9.39. The van der Waals surface area contributed by atoms with E-state index >= 15 is 0 Å². The van der Waals surface area contributed by atoms with E-state index in [1.54, 1.807) is 0 Å². The predicted molar refractivity (Wildman–Crippen MR) is 263 cm³/mol. The Morgan fingerprint density at radius 1 is 0.492 bits per heavy atom. The van der Waals surface area contributed by atoms with Crippen molar-refractivity contribution in [3.8, 4) is 0 Å². The Kier molecular flexibility index (Phi) is 8.31. The van der Waals surface area contributed by atoms with Crippen LogP contribution in [0.4, 0.5) is 34.1 Å². The lowest BCUT2D eigenvalue weighted by Gasteiger charge is -2.44. The molecule has 2 nitrogen and oxygen atoms in total. The van der Waals surface area contributed by atoms with E-state index in [-0.39, 0.29) is 33.8 Å². The number of thiophene rings is 2. The highest BCUT2D eigenvalue weighted by molar-refractivity contribution is 7.40. The summed E-state index contributed by atoms with van der Waals surface area (Å²) in [4.78, 5) is 5.29. The molecule has 300 valence electrons. The molecule has 7 aromatic rings. The van der Waals surface area contributed by atoms with Crippen molar-refractivity contribution in [1.82, 2.24) is 0 Å². The first-order valence-corrected chi connectivity index (χ1v) is 23.4. The largest absolute Gasteiger partial charge is 0.310 e. The average Bonchev–Trinajstić information content (AvgIpc) is 3.74. The minimum Gasteiger partial charge on any atom is -0.310 e. The molecule has 0 amide bonds. The molecule has 0 atom stereocenters. The highest BCUT2D eigenvalue weighted by atomic mass is 32.1. The van der Waals surface area contributed by atoms with Gasteiger partial charge in [0.1, 0.15) is 0 Å². The van der Waals surface area contributed by atoms with Crippen molar-refractivity contribution in [2.45, 2.75) is 130 Å². The van der Waals surface area contributed by atoms with Gasteiger partial charge in [-0.15, -0.1) is 22.7 Å². The van der Waals surface area contributed by atoms with Gasteiger partial charge < -0.3 is 9.80 Å². The second-order valence-electron chi connectivity index (χ2n) is 22.2. The van der Waals surface area contributed by atoms with E-state index in [2.05, 4.69) is 197 Å². The molecule has 0 unspecified atom stereocenters. The van der Waals surface area contributed by atoms with Crippen LogP contribution >= 0.6 is 22.7 Å². The van der Waals surface area contributed by atoms with Gasteiger partial charge in [-0.25, -0.2) is 0 Å². The van der Waals surface area contributed by atoms with Gasteiger partial charge in [-0.05, 0) is 134 Å². The Hall–Kier alpha value is -4.32. The van der Waals surface area contributed by atoms with Gasteiger partial charge in [0.2, 0.25) is 0 Å². The second-order valence-corrected chi connectivity index (χ2v) is 24.3. The third-order valence-electron chi connectivity index (χ3n) is 14.0. The molecule has 0 fully saturated rings. The number of anilines is 6. The quantitative estimate of drug-likeness (QED) is 0.161. The van der Waals surface area contributed by atoms with Gasteiger partial charge in [0.15, 0.2) is 0 Å². The molecule has 3 aliphatic rings. The SMILES string of the molecule is CC(C)(C)c1ccc(N2c3cccc4c3B(c3sc5ccc(C(C)(C)C)cc5c32)c2sc3ccc(C(C)(C)C)cc3c2N4c2ccc3c(c2)C(C)(C)CCC3(C)C)cc1. The van der Waals surface area contributed by atoms with Crippen LogP contribution in [0.3, 0.4) is 0 Å². The number of nitrogens with zero attached hydrogens (tertiary/aromatic N) is 2. The van der Waals surface area contributed by atoms with Crippen LogP contribution in [0.1, 0.15) is 131 Å². The summed E-state index contributed by atoms with van der Waals surface area (Å²) in [5.74, 6) is 0. The van der Waals surface area contributed by atoms with E-state index in [4.69, 9.17) is 0 Å². The number of hydrogen-bond acceptors (Lipinski definition) is 4. The van der Waals surface area contributed by atoms with Crippen LogP contribution in [0, 0.1) is 0 Å². The van der Waals surface area contributed by atoms with Gasteiger partial charge >= 0.3 is 0 Å². The zero-order chi connectivity index (χ0) is 41.8. The summed E-state index contributed by atoms with van der Waals surface area (Å²) in [6.45, 7) is 30.9. The average molecular weight is 811 g/mol. The van der Waals surface area contributed by atoms with Gasteiger partial charge in [-0.2, -0.15) is 0 Å². The Morgan fingerprint density at radius 3 is 1.42 bits per heavy atom. The monoisotopic (exact) mass is 810 g/mol. The lowest BCUT2D eigenvalue weighted by molar-refractivity contribution is 0.332. The van der Waals surface area contributed by atoms with Gasteiger partial charge in [0.05, 0.1) is 11.4 Å². The Balaban J connectivity index is 1.31. The molecule has 59 heavy (non-hydrogen) atoms. The summed E-state index contributed by atoms with van der Waals surface area (Å²) >= 11 is 4.02.